The first-order valence-electron chi connectivity index (χ1n) is 6.90. The molecule has 19 heavy (non-hydrogen) atoms. The predicted octanol–water partition coefficient (Wildman–Crippen LogP) is 3.77. The Morgan fingerprint density at radius 1 is 1.47 bits per heavy atom. The van der Waals surface area contributed by atoms with E-state index in [1.165, 1.54) is 0 Å². The van der Waals surface area contributed by atoms with Crippen LogP contribution in [0.1, 0.15) is 33.1 Å². The molecule has 0 unspecified atom stereocenters. The number of allylic oxidation sites excluding steroid dienone is 1. The molecule has 1 saturated carbocycles. The van der Waals surface area contributed by atoms with Crippen LogP contribution in [-0.4, -0.2) is 12.4 Å². The molecule has 0 bridgehead atoms. The molecule has 1 fully saturated rings. The fourth-order valence-corrected chi connectivity index (χ4v) is 2.28. The second kappa shape index (κ2) is 6.41. The minimum atomic E-state index is 0.270. The Balaban J connectivity index is 2.04. The van der Waals surface area contributed by atoms with Crippen molar-refractivity contribution in [1.29, 1.82) is 0 Å². The normalized spacial score (nSPS) is 21.5. The number of ether oxygens (including phenoxy) is 1. The van der Waals surface area contributed by atoms with E-state index in [9.17, 15) is 4.79 Å². The van der Waals surface area contributed by atoms with Crippen LogP contribution in [0.5, 0.6) is 5.75 Å². The monoisotopic (exact) mass is 259 g/mol. The molecule has 1 aliphatic rings. The van der Waals surface area contributed by atoms with Crippen LogP contribution in [0.3, 0.4) is 0 Å². The van der Waals surface area contributed by atoms with Crippen LogP contribution in [0.4, 0.5) is 5.69 Å². The molecule has 102 valence electrons. The van der Waals surface area contributed by atoms with E-state index in [2.05, 4.69) is 12.2 Å². The Bertz CT molecular complexity index is 479. The van der Waals surface area contributed by atoms with Crippen molar-refractivity contribution in [1.82, 2.24) is 0 Å². The van der Waals surface area contributed by atoms with E-state index < -0.39 is 0 Å². The van der Waals surface area contributed by atoms with Crippen LogP contribution in [0, 0.1) is 5.92 Å². The largest absolute Gasteiger partial charge is 0.494 e. The maximum absolute atomic E-state index is 11.8. The lowest BCUT2D eigenvalue weighted by Crippen LogP contribution is -2.15. The fraction of sp³-hybridized carbons (Fsp3) is 0.438. The van der Waals surface area contributed by atoms with Gasteiger partial charge in [-0.25, -0.2) is 0 Å². The fourth-order valence-electron chi connectivity index (χ4n) is 2.28. The van der Waals surface area contributed by atoms with Crippen molar-refractivity contribution in [2.24, 2.45) is 5.92 Å². The van der Waals surface area contributed by atoms with E-state index in [1.54, 1.807) is 0 Å². The highest BCUT2D eigenvalue weighted by Crippen LogP contribution is 2.25. The van der Waals surface area contributed by atoms with Crippen molar-refractivity contribution in [3.63, 3.8) is 0 Å². The van der Waals surface area contributed by atoms with Crippen molar-refractivity contribution in [2.75, 3.05) is 11.9 Å². The summed E-state index contributed by atoms with van der Waals surface area (Å²) in [5.41, 5.74) is 1.85. The zero-order valence-electron chi connectivity index (χ0n) is 11.6. The first-order valence-corrected chi connectivity index (χ1v) is 6.90. The minimum absolute atomic E-state index is 0.270. The molecular weight excluding hydrogens is 238 g/mol. The summed E-state index contributed by atoms with van der Waals surface area (Å²) in [4.78, 5) is 11.8. The van der Waals surface area contributed by atoms with E-state index in [4.69, 9.17) is 4.74 Å². The van der Waals surface area contributed by atoms with E-state index >= 15 is 0 Å². The van der Waals surface area contributed by atoms with Crippen molar-refractivity contribution < 1.29 is 9.53 Å². The topological polar surface area (TPSA) is 38.3 Å². The molecule has 0 radical (unpaired) electrons. The van der Waals surface area contributed by atoms with Crippen LogP contribution in [0.25, 0.3) is 0 Å². The molecule has 0 amide bonds. The van der Waals surface area contributed by atoms with E-state index in [-0.39, 0.29) is 5.78 Å². The molecule has 1 aliphatic carbocycles. The summed E-state index contributed by atoms with van der Waals surface area (Å²) in [6.07, 6.45) is 4.41. The standard InChI is InChI=1S/C16H21NO2/c1-3-19-15-6-4-5-14(10-15)17-11-13-9-12(2)7-8-16(13)18/h4-6,10-12,17H,3,7-9H2,1-2H3/b13-11+/t12-/m1/s1. The maximum atomic E-state index is 11.8. The number of hydrogen-bond donors (Lipinski definition) is 1. The Morgan fingerprint density at radius 2 is 2.32 bits per heavy atom. The third kappa shape index (κ3) is 3.85. The summed E-state index contributed by atoms with van der Waals surface area (Å²) in [6, 6.07) is 7.78. The average Bonchev–Trinajstić information content (AvgIpc) is 2.41. The van der Waals surface area contributed by atoms with Gasteiger partial charge in [0, 0.05) is 29.9 Å². The van der Waals surface area contributed by atoms with Gasteiger partial charge in [-0.2, -0.15) is 0 Å². The zero-order chi connectivity index (χ0) is 13.7. The maximum Gasteiger partial charge on any atom is 0.160 e. The number of hydrogen-bond acceptors (Lipinski definition) is 3. The summed E-state index contributed by atoms with van der Waals surface area (Å²) in [7, 11) is 0. The molecule has 3 heteroatoms. The summed E-state index contributed by atoms with van der Waals surface area (Å²) in [6.45, 7) is 4.81. The Labute approximate surface area is 114 Å². The van der Waals surface area contributed by atoms with Crippen LogP contribution in [-0.2, 0) is 4.79 Å². The number of nitrogens with one attached hydrogen (secondary N) is 1. The van der Waals surface area contributed by atoms with Crippen molar-refractivity contribution >= 4 is 11.5 Å². The highest BCUT2D eigenvalue weighted by Gasteiger charge is 2.19. The predicted molar refractivity (Wildman–Crippen MR) is 77.3 cm³/mol. The average molecular weight is 259 g/mol. The van der Waals surface area contributed by atoms with Gasteiger partial charge in [0.15, 0.2) is 5.78 Å². The van der Waals surface area contributed by atoms with Crippen molar-refractivity contribution in [3.8, 4) is 5.75 Å². The smallest absolute Gasteiger partial charge is 0.160 e. The van der Waals surface area contributed by atoms with Gasteiger partial charge >= 0.3 is 0 Å². The lowest BCUT2D eigenvalue weighted by atomic mass is 9.86. The molecule has 0 spiro atoms. The highest BCUT2D eigenvalue weighted by molar-refractivity contribution is 5.96. The van der Waals surface area contributed by atoms with Gasteiger partial charge in [0.2, 0.25) is 0 Å². The molecule has 0 heterocycles. The molecule has 3 nitrogen and oxygen atoms in total. The number of benzene rings is 1. The molecule has 1 aromatic carbocycles. The number of ketones is 1. The summed E-state index contributed by atoms with van der Waals surface area (Å²) < 4.78 is 5.45. The second-order valence-corrected chi connectivity index (χ2v) is 5.05. The quantitative estimate of drug-likeness (QED) is 0.836. The minimum Gasteiger partial charge on any atom is -0.494 e. The number of carbonyl (C=O) groups excluding carboxylic acids is 1. The third-order valence-electron chi connectivity index (χ3n) is 3.35. The van der Waals surface area contributed by atoms with Gasteiger partial charge in [-0.05, 0) is 37.8 Å². The molecule has 2 rings (SSSR count). The Morgan fingerprint density at radius 3 is 3.11 bits per heavy atom. The van der Waals surface area contributed by atoms with Gasteiger partial charge in [-0.1, -0.05) is 13.0 Å². The first-order chi connectivity index (χ1) is 9.19. The summed E-state index contributed by atoms with van der Waals surface area (Å²) in [5.74, 6) is 1.71. The van der Waals surface area contributed by atoms with Crippen LogP contribution in [0.2, 0.25) is 0 Å². The van der Waals surface area contributed by atoms with Crippen LogP contribution >= 0.6 is 0 Å². The molecule has 0 saturated heterocycles. The summed E-state index contributed by atoms with van der Waals surface area (Å²) >= 11 is 0. The lowest BCUT2D eigenvalue weighted by molar-refractivity contribution is -0.116. The van der Waals surface area contributed by atoms with Crippen molar-refractivity contribution in [2.45, 2.75) is 33.1 Å². The van der Waals surface area contributed by atoms with Gasteiger partial charge < -0.3 is 10.1 Å². The van der Waals surface area contributed by atoms with E-state index in [1.807, 2.05) is 37.4 Å². The zero-order valence-corrected chi connectivity index (χ0v) is 11.6. The highest BCUT2D eigenvalue weighted by atomic mass is 16.5. The third-order valence-corrected chi connectivity index (χ3v) is 3.35. The van der Waals surface area contributed by atoms with Gasteiger partial charge in [0.1, 0.15) is 5.75 Å². The Hall–Kier alpha value is -1.77. The molecular formula is C16H21NO2. The second-order valence-electron chi connectivity index (χ2n) is 5.05. The molecule has 1 aromatic rings. The number of rotatable bonds is 4. The molecule has 1 N–H and O–H groups in total. The Kier molecular flexibility index (Phi) is 4.61. The molecule has 0 aliphatic heterocycles. The van der Waals surface area contributed by atoms with E-state index in [0.29, 0.717) is 18.9 Å². The summed E-state index contributed by atoms with van der Waals surface area (Å²) in [5, 5.41) is 3.20. The number of anilines is 1. The van der Waals surface area contributed by atoms with Gasteiger partial charge in [0.25, 0.3) is 0 Å². The SMILES string of the molecule is CCOc1cccc(N/C=C2\C[C@H](C)CCC2=O)c1. The molecule has 1 atom stereocenters. The van der Waals surface area contributed by atoms with Crippen LogP contribution in [0.15, 0.2) is 36.0 Å². The van der Waals surface area contributed by atoms with Crippen molar-refractivity contribution in [3.05, 3.63) is 36.0 Å². The lowest BCUT2D eigenvalue weighted by Gasteiger charge is -2.19. The van der Waals surface area contributed by atoms with E-state index in [0.717, 1.165) is 29.9 Å². The van der Waals surface area contributed by atoms with Gasteiger partial charge in [-0.3, -0.25) is 4.79 Å². The van der Waals surface area contributed by atoms with Gasteiger partial charge in [-0.15, -0.1) is 0 Å². The number of Topliss-reactive ketones (excluding diaryl/α,β-unsaturated/α-hetero) is 1. The van der Waals surface area contributed by atoms with Crippen LogP contribution < -0.4 is 10.1 Å². The molecule has 0 aromatic heterocycles. The number of carbonyl (C=O) groups is 1. The van der Waals surface area contributed by atoms with Gasteiger partial charge in [0.05, 0.1) is 6.61 Å². The first kappa shape index (κ1) is 13.7.